The molecule has 1 aliphatic heterocycles. The Balaban J connectivity index is 0.00000280. The van der Waals surface area contributed by atoms with Gasteiger partial charge in [-0.2, -0.15) is 0 Å². The standard InChI is InChI=1S/C20H22F2N2O3.ClH/c21-15-3-1-2-4-17(15)27-18-6-5-14(11-16(18)22)12-24-19(25)20(13-23)7-9-26-10-8-20;/h1-6,11H,7-10,12-13,23H2,(H,24,25);1H. The largest absolute Gasteiger partial charge is 0.451 e. The molecule has 3 rings (SSSR count). The average Bonchev–Trinajstić information content (AvgIpc) is 2.70. The van der Waals surface area contributed by atoms with Gasteiger partial charge in [0, 0.05) is 26.3 Å². The van der Waals surface area contributed by atoms with Crippen LogP contribution in [0.1, 0.15) is 18.4 Å². The van der Waals surface area contributed by atoms with Gasteiger partial charge in [-0.15, -0.1) is 12.4 Å². The van der Waals surface area contributed by atoms with Gasteiger partial charge in [0.05, 0.1) is 5.41 Å². The van der Waals surface area contributed by atoms with Gasteiger partial charge in [0.15, 0.2) is 23.1 Å². The van der Waals surface area contributed by atoms with Crippen LogP contribution in [0.4, 0.5) is 8.78 Å². The summed E-state index contributed by atoms with van der Waals surface area (Å²) in [6, 6.07) is 10.1. The third kappa shape index (κ3) is 4.98. The van der Waals surface area contributed by atoms with Crippen LogP contribution in [0.25, 0.3) is 0 Å². The lowest BCUT2D eigenvalue weighted by Crippen LogP contribution is -2.48. The van der Waals surface area contributed by atoms with Crippen LogP contribution >= 0.6 is 12.4 Å². The second-order valence-corrected chi connectivity index (χ2v) is 6.58. The van der Waals surface area contributed by atoms with Crippen molar-refractivity contribution in [2.75, 3.05) is 19.8 Å². The highest BCUT2D eigenvalue weighted by Crippen LogP contribution is 2.30. The van der Waals surface area contributed by atoms with E-state index in [4.69, 9.17) is 15.2 Å². The van der Waals surface area contributed by atoms with Crippen molar-refractivity contribution in [3.63, 3.8) is 0 Å². The van der Waals surface area contributed by atoms with Gasteiger partial charge in [-0.25, -0.2) is 8.78 Å². The number of halogens is 3. The quantitative estimate of drug-likeness (QED) is 0.761. The van der Waals surface area contributed by atoms with Crippen LogP contribution in [0.2, 0.25) is 0 Å². The van der Waals surface area contributed by atoms with Gasteiger partial charge in [0.1, 0.15) is 0 Å². The van der Waals surface area contributed by atoms with Crippen molar-refractivity contribution in [1.82, 2.24) is 5.32 Å². The van der Waals surface area contributed by atoms with E-state index in [1.54, 1.807) is 12.1 Å². The summed E-state index contributed by atoms with van der Waals surface area (Å²) in [5.41, 5.74) is 5.75. The number of carbonyl (C=O) groups excluding carboxylic acids is 1. The molecule has 1 fully saturated rings. The van der Waals surface area contributed by atoms with Crippen molar-refractivity contribution in [3.8, 4) is 11.5 Å². The molecule has 0 saturated carbocycles. The highest BCUT2D eigenvalue weighted by molar-refractivity contribution is 5.85. The first-order chi connectivity index (χ1) is 13.0. The Morgan fingerprint density at radius 1 is 1.11 bits per heavy atom. The minimum atomic E-state index is -0.635. The van der Waals surface area contributed by atoms with Crippen LogP contribution in [0.3, 0.4) is 0 Å². The van der Waals surface area contributed by atoms with E-state index in [0.29, 0.717) is 31.6 Å². The first kappa shape index (κ1) is 22.1. The molecule has 8 heteroatoms. The van der Waals surface area contributed by atoms with E-state index < -0.39 is 17.0 Å². The minimum Gasteiger partial charge on any atom is -0.451 e. The van der Waals surface area contributed by atoms with Crippen LogP contribution in [-0.2, 0) is 16.1 Å². The molecular formula is C20H23ClF2N2O3. The molecule has 0 radical (unpaired) electrons. The van der Waals surface area contributed by atoms with Crippen LogP contribution in [0, 0.1) is 17.0 Å². The third-order valence-corrected chi connectivity index (χ3v) is 4.83. The molecule has 0 unspecified atom stereocenters. The molecule has 28 heavy (non-hydrogen) atoms. The Morgan fingerprint density at radius 2 is 1.79 bits per heavy atom. The SMILES string of the molecule is Cl.NCC1(C(=O)NCc2ccc(Oc3ccccc3F)c(F)c2)CCOCC1. The van der Waals surface area contributed by atoms with Crippen molar-refractivity contribution in [2.24, 2.45) is 11.1 Å². The van der Waals surface area contributed by atoms with Gasteiger partial charge in [-0.1, -0.05) is 18.2 Å². The van der Waals surface area contributed by atoms with E-state index >= 15 is 0 Å². The van der Waals surface area contributed by atoms with Crippen LogP contribution in [0.5, 0.6) is 11.5 Å². The van der Waals surface area contributed by atoms with Crippen molar-refractivity contribution < 1.29 is 23.0 Å². The van der Waals surface area contributed by atoms with Gasteiger partial charge in [-0.05, 0) is 42.7 Å². The lowest BCUT2D eigenvalue weighted by Gasteiger charge is -2.34. The van der Waals surface area contributed by atoms with E-state index in [0.717, 1.165) is 0 Å². The molecule has 5 nitrogen and oxygen atoms in total. The first-order valence-corrected chi connectivity index (χ1v) is 8.81. The second kappa shape index (κ2) is 9.82. The monoisotopic (exact) mass is 412 g/mol. The van der Waals surface area contributed by atoms with Crippen LogP contribution in [0.15, 0.2) is 42.5 Å². The van der Waals surface area contributed by atoms with Crippen molar-refractivity contribution in [3.05, 3.63) is 59.7 Å². The third-order valence-electron chi connectivity index (χ3n) is 4.83. The summed E-state index contributed by atoms with van der Waals surface area (Å²) >= 11 is 0. The van der Waals surface area contributed by atoms with Gasteiger partial charge >= 0.3 is 0 Å². The maximum atomic E-state index is 14.3. The Labute approximate surface area is 168 Å². The number of rotatable bonds is 6. The zero-order valence-corrected chi connectivity index (χ0v) is 16.1. The van der Waals surface area contributed by atoms with Crippen molar-refractivity contribution >= 4 is 18.3 Å². The molecule has 1 saturated heterocycles. The number of carbonyl (C=O) groups is 1. The topological polar surface area (TPSA) is 73.6 Å². The van der Waals surface area contributed by atoms with Crippen molar-refractivity contribution in [1.29, 1.82) is 0 Å². The predicted octanol–water partition coefficient (Wildman–Crippen LogP) is 3.55. The van der Waals surface area contributed by atoms with Crippen molar-refractivity contribution in [2.45, 2.75) is 19.4 Å². The minimum absolute atomic E-state index is 0. The molecule has 1 aliphatic rings. The number of nitrogens with two attached hydrogens (primary N) is 1. The molecule has 1 heterocycles. The maximum absolute atomic E-state index is 14.3. The summed E-state index contributed by atoms with van der Waals surface area (Å²) in [6.45, 7) is 1.41. The van der Waals surface area contributed by atoms with E-state index in [-0.39, 0.29) is 42.9 Å². The number of amides is 1. The lowest BCUT2D eigenvalue weighted by molar-refractivity contribution is -0.136. The molecule has 2 aromatic rings. The first-order valence-electron chi connectivity index (χ1n) is 8.81. The molecule has 3 N–H and O–H groups in total. The number of nitrogens with one attached hydrogen (secondary N) is 1. The Hall–Kier alpha value is -2.22. The fraction of sp³-hybridized carbons (Fsp3) is 0.350. The average molecular weight is 413 g/mol. The van der Waals surface area contributed by atoms with Gasteiger partial charge in [0.2, 0.25) is 5.91 Å². The van der Waals surface area contributed by atoms with E-state index in [1.165, 1.54) is 30.3 Å². The molecule has 0 aromatic heterocycles. The Kier molecular flexibility index (Phi) is 7.74. The Morgan fingerprint density at radius 3 is 2.43 bits per heavy atom. The summed E-state index contributed by atoms with van der Waals surface area (Å²) in [5.74, 6) is -1.50. The Bertz CT molecular complexity index is 814. The highest BCUT2D eigenvalue weighted by atomic mass is 35.5. The second-order valence-electron chi connectivity index (χ2n) is 6.58. The summed E-state index contributed by atoms with van der Waals surface area (Å²) in [5, 5.41) is 2.82. The predicted molar refractivity (Wildman–Crippen MR) is 104 cm³/mol. The maximum Gasteiger partial charge on any atom is 0.227 e. The summed E-state index contributed by atoms with van der Waals surface area (Å²) in [7, 11) is 0. The molecule has 0 aliphatic carbocycles. The van der Waals surface area contributed by atoms with Crippen LogP contribution in [-0.4, -0.2) is 25.7 Å². The lowest BCUT2D eigenvalue weighted by atomic mass is 9.79. The molecule has 0 atom stereocenters. The number of para-hydroxylation sites is 1. The normalized spacial score (nSPS) is 15.4. The van der Waals surface area contributed by atoms with Gasteiger partial charge < -0.3 is 20.5 Å². The van der Waals surface area contributed by atoms with E-state index in [9.17, 15) is 13.6 Å². The van der Waals surface area contributed by atoms with Crippen LogP contribution < -0.4 is 15.8 Å². The zero-order valence-electron chi connectivity index (χ0n) is 15.3. The number of hydrogen-bond acceptors (Lipinski definition) is 4. The molecule has 0 bridgehead atoms. The molecule has 2 aromatic carbocycles. The van der Waals surface area contributed by atoms with Gasteiger partial charge in [0.25, 0.3) is 0 Å². The zero-order chi connectivity index (χ0) is 19.3. The summed E-state index contributed by atoms with van der Waals surface area (Å²) < 4.78 is 38.5. The van der Waals surface area contributed by atoms with E-state index in [1.807, 2.05) is 0 Å². The highest BCUT2D eigenvalue weighted by Gasteiger charge is 2.38. The number of benzene rings is 2. The molecule has 0 spiro atoms. The summed E-state index contributed by atoms with van der Waals surface area (Å²) in [6.07, 6.45) is 1.14. The van der Waals surface area contributed by atoms with E-state index in [2.05, 4.69) is 5.32 Å². The molecular weight excluding hydrogens is 390 g/mol. The fourth-order valence-electron chi connectivity index (χ4n) is 3.04. The molecule has 152 valence electrons. The number of hydrogen-bond donors (Lipinski definition) is 2. The summed E-state index contributed by atoms with van der Waals surface area (Å²) in [4.78, 5) is 12.5. The molecule has 1 amide bonds. The fourth-order valence-corrected chi connectivity index (χ4v) is 3.04. The number of ether oxygens (including phenoxy) is 2. The van der Waals surface area contributed by atoms with Gasteiger partial charge in [-0.3, -0.25) is 4.79 Å². The smallest absolute Gasteiger partial charge is 0.227 e.